The van der Waals surface area contributed by atoms with E-state index in [1.807, 2.05) is 0 Å². The molecule has 1 aliphatic carbocycles. The number of nitrogens with zero attached hydrogens (tertiary/aromatic N) is 2. The van der Waals surface area contributed by atoms with Crippen molar-refractivity contribution in [2.24, 2.45) is 5.92 Å². The van der Waals surface area contributed by atoms with Crippen molar-refractivity contribution in [3.05, 3.63) is 57.2 Å². The average molecular weight is 374 g/mol. The van der Waals surface area contributed by atoms with Gasteiger partial charge in [0.15, 0.2) is 0 Å². The summed E-state index contributed by atoms with van der Waals surface area (Å²) in [4.78, 5) is 12.2. The molecule has 132 valence electrons. The number of nitriles is 1. The number of fused-ring (bicyclic) bond motifs is 1. The highest BCUT2D eigenvalue weighted by Gasteiger charge is 2.34. The lowest BCUT2D eigenvalue weighted by atomic mass is 9.96. The van der Waals surface area contributed by atoms with Crippen LogP contribution in [0.5, 0.6) is 0 Å². The first kappa shape index (κ1) is 16.9. The van der Waals surface area contributed by atoms with Gasteiger partial charge in [-0.2, -0.15) is 18.4 Å². The van der Waals surface area contributed by atoms with E-state index in [0.29, 0.717) is 18.0 Å². The third kappa shape index (κ3) is 2.90. The van der Waals surface area contributed by atoms with Crippen molar-refractivity contribution < 1.29 is 13.2 Å². The Morgan fingerprint density at radius 2 is 2.00 bits per heavy atom. The van der Waals surface area contributed by atoms with Crippen LogP contribution in [0.25, 0.3) is 21.3 Å². The molecule has 0 spiro atoms. The second-order valence-electron chi connectivity index (χ2n) is 6.44. The highest BCUT2D eigenvalue weighted by Crippen LogP contribution is 2.37. The minimum atomic E-state index is -4.59. The molecule has 3 nitrogen and oxygen atoms in total. The van der Waals surface area contributed by atoms with Gasteiger partial charge < -0.3 is 0 Å². The van der Waals surface area contributed by atoms with E-state index < -0.39 is 17.3 Å². The summed E-state index contributed by atoms with van der Waals surface area (Å²) < 4.78 is 42.0. The number of rotatable bonds is 3. The Hall–Kier alpha value is -2.59. The van der Waals surface area contributed by atoms with Crippen LogP contribution in [0.15, 0.2) is 41.2 Å². The Balaban J connectivity index is 1.85. The fourth-order valence-corrected chi connectivity index (χ4v) is 4.05. The molecule has 0 saturated heterocycles. The molecule has 0 N–H and O–H groups in total. The molecule has 26 heavy (non-hydrogen) atoms. The smallest absolute Gasteiger partial charge is 0.298 e. The van der Waals surface area contributed by atoms with Gasteiger partial charge >= 0.3 is 11.0 Å². The van der Waals surface area contributed by atoms with Gasteiger partial charge in [-0.25, -0.2) is 0 Å². The summed E-state index contributed by atoms with van der Waals surface area (Å²) >= 11 is 1.08. The van der Waals surface area contributed by atoms with Gasteiger partial charge in [0, 0.05) is 12.1 Å². The van der Waals surface area contributed by atoms with Crippen LogP contribution in [0.4, 0.5) is 13.2 Å². The van der Waals surface area contributed by atoms with Gasteiger partial charge in [-0.15, -0.1) is 0 Å². The summed E-state index contributed by atoms with van der Waals surface area (Å²) in [7, 11) is 0. The van der Waals surface area contributed by atoms with E-state index in [4.69, 9.17) is 0 Å². The molecule has 3 aromatic rings. The lowest BCUT2D eigenvalue weighted by molar-refractivity contribution is -0.137. The van der Waals surface area contributed by atoms with E-state index in [2.05, 4.69) is 0 Å². The molecule has 2 aromatic carbocycles. The van der Waals surface area contributed by atoms with E-state index in [1.54, 1.807) is 28.8 Å². The van der Waals surface area contributed by atoms with E-state index in [0.717, 1.165) is 40.5 Å². The van der Waals surface area contributed by atoms with Crippen molar-refractivity contribution in [2.45, 2.75) is 25.6 Å². The second kappa shape index (κ2) is 5.99. The maximum Gasteiger partial charge on any atom is 0.417 e. The van der Waals surface area contributed by atoms with E-state index in [1.165, 1.54) is 12.1 Å². The van der Waals surface area contributed by atoms with Crippen molar-refractivity contribution in [1.82, 2.24) is 4.57 Å². The van der Waals surface area contributed by atoms with Crippen molar-refractivity contribution in [1.29, 1.82) is 5.26 Å². The van der Waals surface area contributed by atoms with Gasteiger partial charge in [-0.3, -0.25) is 9.36 Å². The molecule has 0 amide bonds. The lowest BCUT2D eigenvalue weighted by Crippen LogP contribution is -2.13. The Kier molecular flexibility index (Phi) is 3.88. The minimum Gasteiger partial charge on any atom is -0.298 e. The highest BCUT2D eigenvalue weighted by molar-refractivity contribution is 7.16. The van der Waals surface area contributed by atoms with Gasteiger partial charge in [0.2, 0.25) is 0 Å². The Morgan fingerprint density at radius 3 is 2.65 bits per heavy atom. The first-order valence-electron chi connectivity index (χ1n) is 8.12. The topological polar surface area (TPSA) is 45.8 Å². The molecule has 4 rings (SSSR count). The van der Waals surface area contributed by atoms with E-state index >= 15 is 0 Å². The number of hydrogen-bond donors (Lipinski definition) is 0. The maximum absolute atomic E-state index is 13.2. The third-order valence-electron chi connectivity index (χ3n) is 4.60. The van der Waals surface area contributed by atoms with Crippen LogP contribution in [0.2, 0.25) is 0 Å². The molecule has 0 unspecified atom stereocenters. The van der Waals surface area contributed by atoms with E-state index in [-0.39, 0.29) is 10.4 Å². The van der Waals surface area contributed by atoms with Crippen LogP contribution in [-0.2, 0) is 12.7 Å². The first-order valence-corrected chi connectivity index (χ1v) is 8.94. The zero-order valence-electron chi connectivity index (χ0n) is 13.5. The summed E-state index contributed by atoms with van der Waals surface area (Å²) in [6, 6.07) is 10.5. The summed E-state index contributed by atoms with van der Waals surface area (Å²) in [5.74, 6) is 0.541. The Morgan fingerprint density at radius 1 is 1.23 bits per heavy atom. The molecule has 0 atom stereocenters. The van der Waals surface area contributed by atoms with Crippen LogP contribution in [0.3, 0.4) is 0 Å². The molecule has 0 bridgehead atoms. The van der Waals surface area contributed by atoms with Gasteiger partial charge in [-0.05, 0) is 42.5 Å². The summed E-state index contributed by atoms with van der Waals surface area (Å²) in [5, 5.41) is 9.29. The van der Waals surface area contributed by atoms with Crippen LogP contribution in [0, 0.1) is 17.2 Å². The molecular formula is C19H13F3N2OS. The molecule has 1 aromatic heterocycles. The van der Waals surface area contributed by atoms with Crippen LogP contribution in [-0.4, -0.2) is 4.57 Å². The Bertz CT molecular complexity index is 1100. The predicted molar refractivity (Wildman–Crippen MR) is 94.0 cm³/mol. The monoisotopic (exact) mass is 374 g/mol. The van der Waals surface area contributed by atoms with Crippen molar-refractivity contribution in [2.75, 3.05) is 0 Å². The number of halogens is 3. The third-order valence-corrected chi connectivity index (χ3v) is 5.54. The van der Waals surface area contributed by atoms with Crippen LogP contribution < -0.4 is 4.87 Å². The predicted octanol–water partition coefficient (Wildman–Crippen LogP) is 5.03. The van der Waals surface area contributed by atoms with E-state index in [9.17, 15) is 23.2 Å². The van der Waals surface area contributed by atoms with Crippen LogP contribution in [0.1, 0.15) is 24.0 Å². The van der Waals surface area contributed by atoms with Crippen LogP contribution >= 0.6 is 11.3 Å². The summed E-state index contributed by atoms with van der Waals surface area (Å²) in [6.45, 7) is 0.686. The number of thiazole rings is 1. The number of hydrogen-bond acceptors (Lipinski definition) is 3. The zero-order chi connectivity index (χ0) is 18.5. The molecule has 1 heterocycles. The molecular weight excluding hydrogens is 361 g/mol. The fraction of sp³-hybridized carbons (Fsp3) is 0.263. The molecule has 7 heteroatoms. The number of alkyl halides is 3. The normalized spacial score (nSPS) is 14.5. The summed E-state index contributed by atoms with van der Waals surface area (Å²) in [6.07, 6.45) is -2.35. The van der Waals surface area contributed by atoms with Gasteiger partial charge in [0.05, 0.1) is 21.3 Å². The molecule has 0 radical (unpaired) electrons. The SMILES string of the molecule is N#Cc1c(-c2ccc3c(c2)sc(=O)n3CC2CC2)cccc1C(F)(F)F. The molecule has 0 aliphatic heterocycles. The molecule has 1 fully saturated rings. The van der Waals surface area contributed by atoms with Gasteiger partial charge in [-0.1, -0.05) is 29.5 Å². The Labute approximate surface area is 150 Å². The van der Waals surface area contributed by atoms with Crippen molar-refractivity contribution in [3.8, 4) is 17.2 Å². The summed E-state index contributed by atoms with van der Waals surface area (Å²) in [5.41, 5.74) is 0.168. The minimum absolute atomic E-state index is 0.0615. The first-order chi connectivity index (χ1) is 12.4. The number of benzene rings is 2. The zero-order valence-corrected chi connectivity index (χ0v) is 14.3. The maximum atomic E-state index is 13.2. The van der Waals surface area contributed by atoms with Gasteiger partial charge in [0.25, 0.3) is 0 Å². The van der Waals surface area contributed by atoms with Gasteiger partial charge in [0.1, 0.15) is 6.07 Å². The quantitative estimate of drug-likeness (QED) is 0.645. The standard InChI is InChI=1S/C19H13F3N2OS/c20-19(21,22)15-3-1-2-13(14(15)9-23)12-6-7-16-17(8-12)26-18(25)24(16)10-11-4-5-11/h1-3,6-8,11H,4-5,10H2. The molecule has 1 saturated carbocycles. The second-order valence-corrected chi connectivity index (χ2v) is 7.44. The van der Waals surface area contributed by atoms with Crippen molar-refractivity contribution >= 4 is 21.6 Å². The fourth-order valence-electron chi connectivity index (χ4n) is 3.11. The largest absolute Gasteiger partial charge is 0.417 e. The number of aromatic nitrogens is 1. The lowest BCUT2D eigenvalue weighted by Gasteiger charge is -2.12. The highest BCUT2D eigenvalue weighted by atomic mass is 32.1. The average Bonchev–Trinajstić information content (AvgIpc) is 3.37. The van der Waals surface area contributed by atoms with Crippen molar-refractivity contribution in [3.63, 3.8) is 0 Å². The molecule has 1 aliphatic rings.